The van der Waals surface area contributed by atoms with Gasteiger partial charge in [-0.2, -0.15) is 9.97 Å². The van der Waals surface area contributed by atoms with Crippen LogP contribution in [0.5, 0.6) is 6.01 Å². The number of hydrogen-bond acceptors (Lipinski definition) is 6. The predicted molar refractivity (Wildman–Crippen MR) is 166 cm³/mol. The molecule has 0 radical (unpaired) electrons. The van der Waals surface area contributed by atoms with Crippen LogP contribution in [-0.4, -0.2) is 76.1 Å². The Morgan fingerprint density at radius 3 is 2.71 bits per heavy atom. The summed E-state index contributed by atoms with van der Waals surface area (Å²) in [5, 5.41) is 1.66. The van der Waals surface area contributed by atoms with Gasteiger partial charge in [-0.15, -0.1) is 0 Å². The van der Waals surface area contributed by atoms with Gasteiger partial charge in [-0.3, -0.25) is 9.69 Å². The zero-order valence-corrected chi connectivity index (χ0v) is 24.9. The Balaban J connectivity index is 1.19. The summed E-state index contributed by atoms with van der Waals surface area (Å²) in [6.45, 7) is 8.12. The molecular weight excluding hydrogens is 546 g/mol. The van der Waals surface area contributed by atoms with Crippen molar-refractivity contribution in [1.29, 1.82) is 0 Å². The molecule has 1 amide bonds. The molecule has 8 rings (SSSR count). The summed E-state index contributed by atoms with van der Waals surface area (Å²) in [5.74, 6) is 0.870. The van der Waals surface area contributed by atoms with Gasteiger partial charge in [-0.25, -0.2) is 0 Å². The second kappa shape index (κ2) is 10.2. The number of ether oxygens (including phenoxy) is 1. The van der Waals surface area contributed by atoms with Gasteiger partial charge in [0.1, 0.15) is 12.4 Å². The van der Waals surface area contributed by atoms with Gasteiger partial charge in [0, 0.05) is 29.1 Å². The Morgan fingerprint density at radius 2 is 1.88 bits per heavy atom. The molecule has 1 aliphatic carbocycles. The molecule has 0 spiro atoms. The molecule has 218 valence electrons. The maximum absolute atomic E-state index is 12.5. The lowest BCUT2D eigenvalue weighted by Crippen LogP contribution is -2.63. The topological polar surface area (TPSA) is 61.8 Å². The van der Waals surface area contributed by atoms with Crippen LogP contribution >= 0.6 is 11.6 Å². The van der Waals surface area contributed by atoms with Crippen molar-refractivity contribution in [2.75, 3.05) is 37.7 Å². The fourth-order valence-corrected chi connectivity index (χ4v) is 8.82. The van der Waals surface area contributed by atoms with E-state index in [0.29, 0.717) is 12.6 Å². The van der Waals surface area contributed by atoms with Gasteiger partial charge < -0.3 is 14.5 Å². The predicted octanol–water partition coefficient (Wildman–Crippen LogP) is 5.81. The summed E-state index contributed by atoms with van der Waals surface area (Å²) >= 11 is 7.09. The molecule has 8 heteroatoms. The van der Waals surface area contributed by atoms with Gasteiger partial charge in [0.05, 0.1) is 23.1 Å². The van der Waals surface area contributed by atoms with Crippen LogP contribution in [0.3, 0.4) is 0 Å². The molecule has 5 aliphatic rings. The first kappa shape index (κ1) is 26.5. The molecule has 2 atom stereocenters. The lowest BCUT2D eigenvalue weighted by atomic mass is 9.85. The first-order valence-corrected chi connectivity index (χ1v) is 16.1. The average molecular weight is 584 g/mol. The molecular formula is C34H38ClN5O2. The minimum atomic E-state index is 0.00883. The minimum Gasteiger partial charge on any atom is -0.461 e. The van der Waals surface area contributed by atoms with Crippen LogP contribution in [0.4, 0.5) is 5.82 Å². The van der Waals surface area contributed by atoms with Gasteiger partial charge in [-0.05, 0) is 106 Å². The highest BCUT2D eigenvalue weighted by Gasteiger charge is 2.49. The number of benzene rings is 2. The number of hydrogen-bond donors (Lipinski definition) is 0. The second-order valence-corrected chi connectivity index (χ2v) is 13.3. The number of anilines is 1. The Kier molecular flexibility index (Phi) is 6.45. The van der Waals surface area contributed by atoms with E-state index < -0.39 is 0 Å². The van der Waals surface area contributed by atoms with Crippen LogP contribution in [0.1, 0.15) is 56.1 Å². The molecule has 0 unspecified atom stereocenters. The first-order chi connectivity index (χ1) is 20.5. The van der Waals surface area contributed by atoms with E-state index in [1.807, 2.05) is 4.90 Å². The van der Waals surface area contributed by atoms with Crippen molar-refractivity contribution in [1.82, 2.24) is 19.8 Å². The standard InChI is InChI=1S/C34H38ClN5O2/c1-2-31(41)39-17-12-29-30(39)20-40(29)32-26-18-27(35)25(24-11-5-9-22-8-3-4-10-23(22)24)19-28(26)36-33(37-32)42-21-34-13-6-15-38(34)16-7-14-34/h2,5,9,11,18-19,29-30H,1,3-4,6-8,10,12-17,20-21H2/t29-,30+/m0/s1. The zero-order chi connectivity index (χ0) is 28.4. The maximum Gasteiger partial charge on any atom is 0.319 e. The van der Waals surface area contributed by atoms with E-state index in [0.717, 1.165) is 72.7 Å². The van der Waals surface area contributed by atoms with Gasteiger partial charge in [0.2, 0.25) is 5.91 Å². The number of aryl methyl sites for hydroxylation is 1. The Morgan fingerprint density at radius 1 is 1.05 bits per heavy atom. The summed E-state index contributed by atoms with van der Waals surface area (Å²) < 4.78 is 6.52. The summed E-state index contributed by atoms with van der Waals surface area (Å²) in [7, 11) is 0. The number of halogens is 1. The third kappa shape index (κ3) is 4.15. The molecule has 2 aromatic carbocycles. The molecule has 0 saturated carbocycles. The van der Waals surface area contributed by atoms with Crippen molar-refractivity contribution < 1.29 is 9.53 Å². The van der Waals surface area contributed by atoms with E-state index in [1.165, 1.54) is 61.3 Å². The lowest BCUT2D eigenvalue weighted by molar-refractivity contribution is -0.127. The molecule has 1 aromatic heterocycles. The van der Waals surface area contributed by atoms with Crippen molar-refractivity contribution in [2.45, 2.75) is 75.4 Å². The van der Waals surface area contributed by atoms with E-state index in [-0.39, 0.29) is 23.5 Å². The summed E-state index contributed by atoms with van der Waals surface area (Å²) in [6, 6.07) is 11.7. The van der Waals surface area contributed by atoms with Crippen molar-refractivity contribution in [2.24, 2.45) is 0 Å². The van der Waals surface area contributed by atoms with Gasteiger partial charge in [0.15, 0.2) is 0 Å². The SMILES string of the molecule is C=CC(=O)N1CC[C@H]2[C@H]1CN2c1nc(OCC23CCCN2CCC3)nc2cc(-c3cccc4c3CCCC4)c(Cl)cc12. The van der Waals surface area contributed by atoms with Crippen LogP contribution < -0.4 is 9.64 Å². The Bertz CT molecular complexity index is 1580. The number of fused-ring (bicyclic) bond motifs is 4. The van der Waals surface area contributed by atoms with E-state index in [9.17, 15) is 4.79 Å². The lowest BCUT2D eigenvalue weighted by Gasteiger charge is -2.47. The van der Waals surface area contributed by atoms with E-state index in [2.05, 4.69) is 46.7 Å². The van der Waals surface area contributed by atoms with Crippen LogP contribution in [0, 0.1) is 0 Å². The highest BCUT2D eigenvalue weighted by Crippen LogP contribution is 2.44. The fraction of sp³-hybridized carbons (Fsp3) is 0.500. The summed E-state index contributed by atoms with van der Waals surface area (Å²) in [5.41, 5.74) is 6.07. The number of likely N-dealkylation sites (tertiary alicyclic amines) is 1. The average Bonchev–Trinajstić information content (AvgIpc) is 3.68. The number of carbonyl (C=O) groups is 1. The largest absolute Gasteiger partial charge is 0.461 e. The number of rotatable bonds is 6. The van der Waals surface area contributed by atoms with Crippen LogP contribution in [0.15, 0.2) is 43.0 Å². The molecule has 42 heavy (non-hydrogen) atoms. The van der Waals surface area contributed by atoms with Crippen molar-refractivity contribution in [3.63, 3.8) is 0 Å². The smallest absolute Gasteiger partial charge is 0.319 e. The second-order valence-electron chi connectivity index (χ2n) is 12.8. The van der Waals surface area contributed by atoms with Gasteiger partial charge in [-0.1, -0.05) is 36.4 Å². The third-order valence-electron chi connectivity index (χ3n) is 10.7. The number of amides is 1. The van der Waals surface area contributed by atoms with Crippen LogP contribution in [-0.2, 0) is 17.6 Å². The van der Waals surface area contributed by atoms with E-state index in [1.54, 1.807) is 0 Å². The highest BCUT2D eigenvalue weighted by molar-refractivity contribution is 6.34. The van der Waals surface area contributed by atoms with Crippen molar-refractivity contribution >= 4 is 34.2 Å². The summed E-state index contributed by atoms with van der Waals surface area (Å²) in [6.07, 6.45) is 11.8. The number of nitrogens with zero attached hydrogens (tertiary/aromatic N) is 5. The fourth-order valence-electron chi connectivity index (χ4n) is 8.55. The molecule has 7 nitrogen and oxygen atoms in total. The Hall–Kier alpha value is -3.16. The van der Waals surface area contributed by atoms with Crippen LogP contribution in [0.25, 0.3) is 22.0 Å². The number of carbonyl (C=O) groups excluding carboxylic acids is 1. The van der Waals surface area contributed by atoms with Crippen molar-refractivity contribution in [3.05, 3.63) is 59.1 Å². The Labute approximate surface area is 252 Å². The normalized spacial score (nSPS) is 24.3. The molecule has 3 aromatic rings. The molecule has 0 bridgehead atoms. The molecule has 5 heterocycles. The highest BCUT2D eigenvalue weighted by atomic mass is 35.5. The summed E-state index contributed by atoms with van der Waals surface area (Å²) in [4.78, 5) is 29.4. The molecule has 4 saturated heterocycles. The zero-order valence-electron chi connectivity index (χ0n) is 24.2. The molecule has 4 aliphatic heterocycles. The third-order valence-corrected chi connectivity index (χ3v) is 11.0. The molecule has 4 fully saturated rings. The quantitative estimate of drug-likeness (QED) is 0.341. The van der Waals surface area contributed by atoms with Crippen molar-refractivity contribution in [3.8, 4) is 17.1 Å². The van der Waals surface area contributed by atoms with Crippen LogP contribution in [0.2, 0.25) is 5.02 Å². The van der Waals surface area contributed by atoms with Gasteiger partial charge in [0.25, 0.3) is 0 Å². The maximum atomic E-state index is 12.5. The van der Waals surface area contributed by atoms with E-state index >= 15 is 0 Å². The monoisotopic (exact) mass is 583 g/mol. The van der Waals surface area contributed by atoms with Gasteiger partial charge >= 0.3 is 6.01 Å². The molecule has 0 N–H and O–H groups in total. The first-order valence-electron chi connectivity index (χ1n) is 15.7. The minimum absolute atomic E-state index is 0.00883. The number of aromatic nitrogens is 2. The van der Waals surface area contributed by atoms with E-state index in [4.69, 9.17) is 26.3 Å².